The lowest BCUT2D eigenvalue weighted by Gasteiger charge is -2.17. The van der Waals surface area contributed by atoms with Gasteiger partial charge in [-0.2, -0.15) is 0 Å². The zero-order chi connectivity index (χ0) is 17.6. The van der Waals surface area contributed by atoms with Gasteiger partial charge in [0.25, 0.3) is 11.8 Å². The maximum absolute atomic E-state index is 12.3. The molecular weight excluding hydrogens is 353 g/mol. The van der Waals surface area contributed by atoms with Gasteiger partial charge in [-0.1, -0.05) is 12.1 Å². The number of imide groups is 1. The van der Waals surface area contributed by atoms with Crippen molar-refractivity contribution < 1.29 is 28.0 Å². The Labute approximate surface area is 145 Å². The van der Waals surface area contributed by atoms with Crippen LogP contribution in [0.15, 0.2) is 24.3 Å². The van der Waals surface area contributed by atoms with E-state index >= 15 is 0 Å². The van der Waals surface area contributed by atoms with Gasteiger partial charge >= 0.3 is 7.60 Å². The van der Waals surface area contributed by atoms with Gasteiger partial charge in [-0.25, -0.2) is 0 Å². The Balaban J connectivity index is 1.78. The van der Waals surface area contributed by atoms with Gasteiger partial charge in [-0.3, -0.25) is 19.0 Å². The summed E-state index contributed by atoms with van der Waals surface area (Å²) in [5.41, 5.74) is 0.875. The average molecular weight is 373 g/mol. The highest BCUT2D eigenvalue weighted by Gasteiger charge is 2.36. The summed E-state index contributed by atoms with van der Waals surface area (Å²) in [5, 5.41) is 0.774. The van der Waals surface area contributed by atoms with Crippen LogP contribution in [0, 0.1) is 0 Å². The van der Waals surface area contributed by atoms with Crippen LogP contribution in [0.4, 0.5) is 0 Å². The Morgan fingerprint density at radius 2 is 1.58 bits per heavy atom. The van der Waals surface area contributed by atoms with Gasteiger partial charge in [0, 0.05) is 5.75 Å². The molecule has 2 rings (SSSR count). The molecule has 0 atom stereocenters. The normalized spacial score (nSPS) is 14.3. The molecule has 0 fully saturated rings. The fraction of sp³-hybridized carbons (Fsp3) is 0.467. The Morgan fingerprint density at radius 1 is 1.04 bits per heavy atom. The molecule has 0 saturated carbocycles. The molecule has 9 heteroatoms. The van der Waals surface area contributed by atoms with Crippen LogP contribution in [-0.2, 0) is 18.5 Å². The molecule has 0 aromatic heterocycles. The first-order valence-electron chi connectivity index (χ1n) is 7.59. The average Bonchev–Trinajstić information content (AvgIpc) is 2.80. The van der Waals surface area contributed by atoms with Crippen molar-refractivity contribution in [1.82, 2.24) is 5.06 Å². The van der Waals surface area contributed by atoms with Crippen LogP contribution in [0.5, 0.6) is 0 Å². The highest BCUT2D eigenvalue weighted by atomic mass is 32.2. The number of hydrogen-bond donors (Lipinski definition) is 0. The standard InChI is InChI=1S/C15H20NO6PS/c1-3-21-23(19,22-4-2)11-24-10-9-20-16-14(17)12-7-5-6-8-13(12)15(16)18/h5-8H,3-4,9-11H2,1-2H3. The fourth-order valence-corrected chi connectivity index (χ4v) is 5.21. The number of carbonyl (C=O) groups is 2. The number of hydrogen-bond acceptors (Lipinski definition) is 7. The van der Waals surface area contributed by atoms with Crippen LogP contribution in [0.3, 0.4) is 0 Å². The van der Waals surface area contributed by atoms with E-state index in [0.717, 1.165) is 5.06 Å². The topological polar surface area (TPSA) is 82.1 Å². The highest BCUT2D eigenvalue weighted by molar-refractivity contribution is 8.04. The monoisotopic (exact) mass is 373 g/mol. The predicted octanol–water partition coefficient (Wildman–Crippen LogP) is 3.17. The van der Waals surface area contributed by atoms with Crippen molar-refractivity contribution in [1.29, 1.82) is 0 Å². The van der Waals surface area contributed by atoms with Crippen molar-refractivity contribution in [3.05, 3.63) is 35.4 Å². The molecule has 1 aliphatic rings. The van der Waals surface area contributed by atoms with Crippen molar-refractivity contribution in [3.8, 4) is 0 Å². The van der Waals surface area contributed by atoms with Crippen LogP contribution in [0.1, 0.15) is 34.6 Å². The minimum atomic E-state index is -3.10. The van der Waals surface area contributed by atoms with Gasteiger partial charge in [0.05, 0.1) is 36.4 Å². The molecule has 0 spiro atoms. The molecule has 1 aromatic carbocycles. The van der Waals surface area contributed by atoms with Crippen LogP contribution in [0.25, 0.3) is 0 Å². The predicted molar refractivity (Wildman–Crippen MR) is 91.1 cm³/mol. The second kappa shape index (κ2) is 8.78. The van der Waals surface area contributed by atoms with Gasteiger partial charge in [-0.15, -0.1) is 16.8 Å². The SMILES string of the molecule is CCOP(=O)(CSCCON1C(=O)c2ccccc2C1=O)OCC. The number of benzene rings is 1. The molecule has 1 aliphatic heterocycles. The Kier molecular flexibility index (Phi) is 7.01. The van der Waals surface area contributed by atoms with E-state index in [1.54, 1.807) is 38.1 Å². The smallest absolute Gasteiger partial charge is 0.308 e. The van der Waals surface area contributed by atoms with E-state index in [4.69, 9.17) is 13.9 Å². The number of nitrogens with zero attached hydrogens (tertiary/aromatic N) is 1. The third-order valence-corrected chi connectivity index (χ3v) is 6.86. The summed E-state index contributed by atoms with van der Waals surface area (Å²) in [7, 11) is -3.10. The molecule has 0 unspecified atom stereocenters. The molecule has 132 valence electrons. The zero-order valence-electron chi connectivity index (χ0n) is 13.6. The molecule has 7 nitrogen and oxygen atoms in total. The maximum Gasteiger partial charge on any atom is 0.340 e. The van der Waals surface area contributed by atoms with Crippen LogP contribution >= 0.6 is 19.4 Å². The summed E-state index contributed by atoms with van der Waals surface area (Å²) < 4.78 is 22.6. The summed E-state index contributed by atoms with van der Waals surface area (Å²) in [6.07, 6.45) is 0. The Bertz CT molecular complexity index is 608. The van der Waals surface area contributed by atoms with Crippen LogP contribution in [-0.4, -0.2) is 47.9 Å². The number of thioether (sulfide) groups is 1. The van der Waals surface area contributed by atoms with Crippen molar-refractivity contribution in [2.24, 2.45) is 0 Å². The van der Waals surface area contributed by atoms with E-state index in [-0.39, 0.29) is 12.1 Å². The van der Waals surface area contributed by atoms with Crippen LogP contribution < -0.4 is 0 Å². The van der Waals surface area contributed by atoms with Gasteiger partial charge in [-0.05, 0) is 26.0 Å². The minimum absolute atomic E-state index is 0.133. The molecule has 1 aromatic rings. The summed E-state index contributed by atoms with van der Waals surface area (Å²) in [6, 6.07) is 6.58. The van der Waals surface area contributed by atoms with Crippen molar-refractivity contribution >= 4 is 31.2 Å². The quantitative estimate of drug-likeness (QED) is 0.354. The molecule has 24 heavy (non-hydrogen) atoms. The first-order valence-corrected chi connectivity index (χ1v) is 10.5. The number of carbonyl (C=O) groups excluding carboxylic acids is 2. The summed E-state index contributed by atoms with van der Waals surface area (Å²) in [4.78, 5) is 29.5. The minimum Gasteiger partial charge on any atom is -0.308 e. The number of hydroxylamine groups is 2. The largest absolute Gasteiger partial charge is 0.340 e. The summed E-state index contributed by atoms with van der Waals surface area (Å²) in [6.45, 7) is 4.25. The third kappa shape index (κ3) is 4.46. The second-order valence-corrected chi connectivity index (χ2v) is 8.35. The van der Waals surface area contributed by atoms with Crippen molar-refractivity contribution in [2.45, 2.75) is 13.8 Å². The Hall–Kier alpha value is -1.18. The molecular formula is C15H20NO6PS. The molecule has 0 radical (unpaired) electrons. The first-order chi connectivity index (χ1) is 11.5. The zero-order valence-corrected chi connectivity index (χ0v) is 15.3. The fourth-order valence-electron chi connectivity index (χ4n) is 2.15. The van der Waals surface area contributed by atoms with E-state index in [9.17, 15) is 14.2 Å². The molecule has 2 amide bonds. The van der Waals surface area contributed by atoms with E-state index in [1.807, 2.05) is 0 Å². The van der Waals surface area contributed by atoms with E-state index in [2.05, 4.69) is 0 Å². The lowest BCUT2D eigenvalue weighted by Crippen LogP contribution is -2.30. The highest BCUT2D eigenvalue weighted by Crippen LogP contribution is 2.50. The molecule has 0 N–H and O–H groups in total. The lowest BCUT2D eigenvalue weighted by molar-refractivity contribution is -0.0852. The van der Waals surface area contributed by atoms with Gasteiger partial charge < -0.3 is 9.05 Å². The van der Waals surface area contributed by atoms with Gasteiger partial charge in [0.2, 0.25) is 0 Å². The number of rotatable bonds is 10. The lowest BCUT2D eigenvalue weighted by atomic mass is 10.1. The van der Waals surface area contributed by atoms with E-state index in [0.29, 0.717) is 30.1 Å². The Morgan fingerprint density at radius 3 is 2.08 bits per heavy atom. The molecule has 1 heterocycles. The molecule has 0 saturated heterocycles. The van der Waals surface area contributed by atoms with E-state index in [1.165, 1.54) is 11.8 Å². The number of fused-ring (bicyclic) bond motifs is 1. The third-order valence-electron chi connectivity index (χ3n) is 3.11. The van der Waals surface area contributed by atoms with Gasteiger partial charge in [0.15, 0.2) is 0 Å². The summed E-state index contributed by atoms with van der Waals surface area (Å²) in [5.74, 6) is -0.484. The van der Waals surface area contributed by atoms with Crippen molar-refractivity contribution in [2.75, 3.05) is 31.1 Å². The maximum atomic E-state index is 12.3. The van der Waals surface area contributed by atoms with Gasteiger partial charge in [0.1, 0.15) is 0 Å². The summed E-state index contributed by atoms with van der Waals surface area (Å²) >= 11 is 1.32. The second-order valence-electron chi connectivity index (χ2n) is 4.77. The first kappa shape index (κ1) is 19.1. The molecule has 0 aliphatic carbocycles. The molecule has 0 bridgehead atoms. The number of amides is 2. The van der Waals surface area contributed by atoms with E-state index < -0.39 is 19.4 Å². The van der Waals surface area contributed by atoms with Crippen LogP contribution in [0.2, 0.25) is 0 Å². The van der Waals surface area contributed by atoms with Crippen molar-refractivity contribution in [3.63, 3.8) is 0 Å².